The molecule has 0 spiro atoms. The van der Waals surface area contributed by atoms with Crippen molar-refractivity contribution in [2.24, 2.45) is 0 Å². The first-order valence-electron chi connectivity index (χ1n) is 22.7. The number of hydrogen-bond donors (Lipinski definition) is 0. The van der Waals surface area contributed by atoms with Crippen molar-refractivity contribution in [1.29, 1.82) is 0 Å². The fourth-order valence-electron chi connectivity index (χ4n) is 10.5. The highest BCUT2D eigenvalue weighted by atomic mass is 16.3. The molecule has 0 N–H and O–H groups in total. The molecule has 0 radical (unpaired) electrons. The van der Waals surface area contributed by atoms with Crippen molar-refractivity contribution in [2.45, 2.75) is 19.3 Å². The summed E-state index contributed by atoms with van der Waals surface area (Å²) in [4.78, 5) is 2.36. The average molecular weight is 846 g/mol. The summed E-state index contributed by atoms with van der Waals surface area (Å²) in [5, 5.41) is 4.51. The van der Waals surface area contributed by atoms with Crippen LogP contribution >= 0.6 is 0 Å². The minimum atomic E-state index is -0.0208. The van der Waals surface area contributed by atoms with E-state index >= 15 is 0 Å². The summed E-state index contributed by atoms with van der Waals surface area (Å²) in [5.74, 6) is 0. The van der Waals surface area contributed by atoms with Crippen LogP contribution in [0.5, 0.6) is 0 Å². The minimum Gasteiger partial charge on any atom is -0.456 e. The van der Waals surface area contributed by atoms with Crippen molar-refractivity contribution >= 4 is 60.9 Å². The van der Waals surface area contributed by atoms with E-state index in [1.807, 2.05) is 24.3 Å². The van der Waals surface area contributed by atoms with E-state index in [9.17, 15) is 0 Å². The van der Waals surface area contributed by atoms with Crippen LogP contribution in [0.2, 0.25) is 0 Å². The van der Waals surface area contributed by atoms with Crippen molar-refractivity contribution in [3.05, 3.63) is 236 Å². The number of fused-ring (bicyclic) bond motifs is 9. The highest BCUT2D eigenvalue weighted by Gasteiger charge is 2.35. The van der Waals surface area contributed by atoms with E-state index in [4.69, 9.17) is 8.83 Å². The van der Waals surface area contributed by atoms with Gasteiger partial charge < -0.3 is 13.7 Å². The number of rotatable bonds is 7. The van der Waals surface area contributed by atoms with Gasteiger partial charge in [-0.05, 0) is 152 Å². The van der Waals surface area contributed by atoms with Crippen molar-refractivity contribution in [3.63, 3.8) is 0 Å². The summed E-state index contributed by atoms with van der Waals surface area (Å²) < 4.78 is 12.3. The van der Waals surface area contributed by atoms with Gasteiger partial charge >= 0.3 is 0 Å². The molecule has 0 unspecified atom stereocenters. The Morgan fingerprint density at radius 1 is 0.288 bits per heavy atom. The van der Waals surface area contributed by atoms with Gasteiger partial charge in [0.05, 0.1) is 0 Å². The third-order valence-electron chi connectivity index (χ3n) is 13.9. The molecule has 0 aliphatic heterocycles. The van der Waals surface area contributed by atoms with Crippen LogP contribution in [-0.4, -0.2) is 0 Å². The molecule has 0 amide bonds. The number of nitrogens with zero attached hydrogens (tertiary/aromatic N) is 1. The standard InChI is InChI=1S/C63H43NO2/c1-63(2)57-18-6-3-15-51(57)54-37-47(25-32-58(54)63)43-12-9-11-42(35-43)44-13-10-14-50(36-44)64(48-28-21-40(22-29-48)45-26-33-61-55(38-45)52-16-4-7-19-59(52)65-61)49-30-23-41(24-31-49)46-27-34-62-56(39-46)53-17-5-8-20-60(53)66-62/h3-39H,1-2H3. The van der Waals surface area contributed by atoms with E-state index in [1.54, 1.807) is 0 Å². The predicted octanol–water partition coefficient (Wildman–Crippen LogP) is 17.9. The van der Waals surface area contributed by atoms with E-state index in [0.717, 1.165) is 88.8 Å². The SMILES string of the molecule is CC1(C)c2ccccc2-c2cc(-c3cccc(-c4cccc(N(c5ccc(-c6ccc7oc8ccccc8c7c6)cc5)c5ccc(-c6ccc7oc8ccccc8c7c6)cc5)c4)c3)ccc21. The molecule has 3 heteroatoms. The van der Waals surface area contributed by atoms with Crippen molar-refractivity contribution in [3.8, 4) is 55.6 Å². The number of furan rings is 2. The summed E-state index contributed by atoms with van der Waals surface area (Å²) in [5.41, 5.74) is 21.6. The summed E-state index contributed by atoms with van der Waals surface area (Å²) in [6.07, 6.45) is 0. The zero-order valence-corrected chi connectivity index (χ0v) is 36.6. The summed E-state index contributed by atoms with van der Waals surface area (Å²) in [6, 6.07) is 81.1. The van der Waals surface area contributed by atoms with Gasteiger partial charge in [0.2, 0.25) is 0 Å². The Labute approximate surface area is 383 Å². The maximum absolute atomic E-state index is 6.15. The van der Waals surface area contributed by atoms with Crippen LogP contribution in [0.25, 0.3) is 99.5 Å². The van der Waals surface area contributed by atoms with Crippen molar-refractivity contribution in [2.75, 3.05) is 4.90 Å². The highest BCUT2D eigenvalue weighted by Crippen LogP contribution is 2.50. The molecule has 0 fully saturated rings. The van der Waals surface area contributed by atoms with Gasteiger partial charge in [0.15, 0.2) is 0 Å². The summed E-state index contributed by atoms with van der Waals surface area (Å²) >= 11 is 0. The number of para-hydroxylation sites is 2. The fraction of sp³-hybridized carbons (Fsp3) is 0.0476. The van der Waals surface area contributed by atoms with Gasteiger partial charge in [0.25, 0.3) is 0 Å². The zero-order chi connectivity index (χ0) is 43.9. The van der Waals surface area contributed by atoms with Gasteiger partial charge in [0.1, 0.15) is 22.3 Å². The molecule has 0 atom stereocenters. The molecular formula is C63H43NO2. The Balaban J connectivity index is 0.880. The Morgan fingerprint density at radius 3 is 1.33 bits per heavy atom. The molecule has 2 aromatic heterocycles. The third-order valence-corrected chi connectivity index (χ3v) is 13.9. The van der Waals surface area contributed by atoms with Gasteiger partial charge in [-0.1, -0.05) is 153 Å². The number of hydrogen-bond acceptors (Lipinski definition) is 3. The van der Waals surface area contributed by atoms with Crippen molar-refractivity contribution in [1.82, 2.24) is 0 Å². The molecular weight excluding hydrogens is 803 g/mol. The van der Waals surface area contributed by atoms with Crippen LogP contribution in [0.15, 0.2) is 233 Å². The molecule has 2 heterocycles. The lowest BCUT2D eigenvalue weighted by Gasteiger charge is -2.26. The van der Waals surface area contributed by atoms with Gasteiger partial charge in [0, 0.05) is 44.0 Å². The van der Waals surface area contributed by atoms with Gasteiger partial charge in [-0.2, -0.15) is 0 Å². The van der Waals surface area contributed by atoms with Crippen LogP contribution < -0.4 is 4.90 Å². The second kappa shape index (κ2) is 14.8. The second-order valence-electron chi connectivity index (χ2n) is 18.1. The van der Waals surface area contributed by atoms with Crippen molar-refractivity contribution < 1.29 is 8.83 Å². The van der Waals surface area contributed by atoms with Crippen LogP contribution in [0.4, 0.5) is 17.1 Å². The third kappa shape index (κ3) is 6.19. The first-order valence-corrected chi connectivity index (χ1v) is 22.7. The lowest BCUT2D eigenvalue weighted by molar-refractivity contribution is 0.660. The molecule has 3 nitrogen and oxygen atoms in total. The lowest BCUT2D eigenvalue weighted by Crippen LogP contribution is -2.14. The number of benzene rings is 10. The smallest absolute Gasteiger partial charge is 0.135 e. The largest absolute Gasteiger partial charge is 0.456 e. The van der Waals surface area contributed by atoms with Gasteiger partial charge in [-0.15, -0.1) is 0 Å². The molecule has 0 saturated carbocycles. The minimum absolute atomic E-state index is 0.0208. The molecule has 66 heavy (non-hydrogen) atoms. The monoisotopic (exact) mass is 845 g/mol. The molecule has 312 valence electrons. The molecule has 0 saturated heterocycles. The zero-order valence-electron chi connectivity index (χ0n) is 36.6. The second-order valence-corrected chi connectivity index (χ2v) is 18.1. The molecule has 12 aromatic rings. The van der Waals surface area contributed by atoms with E-state index in [1.165, 1.54) is 38.9 Å². The van der Waals surface area contributed by atoms with Crippen LogP contribution in [0.3, 0.4) is 0 Å². The predicted molar refractivity (Wildman–Crippen MR) is 275 cm³/mol. The Bertz CT molecular complexity index is 3690. The van der Waals surface area contributed by atoms with Crippen LogP contribution in [0.1, 0.15) is 25.0 Å². The summed E-state index contributed by atoms with van der Waals surface area (Å²) in [7, 11) is 0. The van der Waals surface area contributed by atoms with E-state index in [0.29, 0.717) is 0 Å². The first-order chi connectivity index (χ1) is 32.4. The maximum atomic E-state index is 6.15. The fourth-order valence-corrected chi connectivity index (χ4v) is 10.5. The normalized spacial score (nSPS) is 12.8. The quantitative estimate of drug-likeness (QED) is 0.160. The van der Waals surface area contributed by atoms with Gasteiger partial charge in [-0.25, -0.2) is 0 Å². The topological polar surface area (TPSA) is 29.5 Å². The molecule has 10 aromatic carbocycles. The van der Waals surface area contributed by atoms with E-state index in [-0.39, 0.29) is 5.41 Å². The molecule has 13 rings (SSSR count). The first kappa shape index (κ1) is 38.1. The Kier molecular flexibility index (Phi) is 8.56. The Hall–Kier alpha value is -8.40. The highest BCUT2D eigenvalue weighted by molar-refractivity contribution is 6.07. The Morgan fingerprint density at radius 2 is 0.727 bits per heavy atom. The molecule has 0 bridgehead atoms. The van der Waals surface area contributed by atoms with Crippen LogP contribution in [-0.2, 0) is 5.41 Å². The van der Waals surface area contributed by atoms with Crippen LogP contribution in [0, 0.1) is 0 Å². The number of anilines is 3. The van der Waals surface area contributed by atoms with Gasteiger partial charge in [-0.3, -0.25) is 0 Å². The molecule has 1 aliphatic rings. The lowest BCUT2D eigenvalue weighted by atomic mass is 9.82. The average Bonchev–Trinajstić information content (AvgIpc) is 4.01. The van der Waals surface area contributed by atoms with E-state index < -0.39 is 0 Å². The van der Waals surface area contributed by atoms with E-state index in [2.05, 4.69) is 219 Å². The molecule has 1 aliphatic carbocycles. The summed E-state index contributed by atoms with van der Waals surface area (Å²) in [6.45, 7) is 4.67. The maximum Gasteiger partial charge on any atom is 0.135 e.